The lowest BCUT2D eigenvalue weighted by Crippen LogP contribution is -2.42. The molecule has 0 saturated heterocycles. The maximum absolute atomic E-state index is 11.5. The van der Waals surface area contributed by atoms with Gasteiger partial charge in [-0.3, -0.25) is 4.79 Å². The minimum Gasteiger partial charge on any atom is -0.357 e. The highest BCUT2D eigenvalue weighted by Crippen LogP contribution is 2.07. The van der Waals surface area contributed by atoms with E-state index in [1.54, 1.807) is 0 Å². The zero-order valence-corrected chi connectivity index (χ0v) is 16.8. The van der Waals surface area contributed by atoms with Crippen LogP contribution in [0.25, 0.3) is 0 Å². The molecule has 3 N–H and O–H groups in total. The molecular formula is C17H29IN4O. The molecule has 0 aromatic heterocycles. The van der Waals surface area contributed by atoms with Crippen LogP contribution >= 0.6 is 24.0 Å². The Morgan fingerprint density at radius 1 is 1.13 bits per heavy atom. The molecule has 0 spiro atoms. The van der Waals surface area contributed by atoms with Crippen molar-refractivity contribution in [2.75, 3.05) is 19.6 Å². The van der Waals surface area contributed by atoms with Gasteiger partial charge in [0.1, 0.15) is 0 Å². The molecule has 0 atom stereocenters. The number of hydrogen-bond donors (Lipinski definition) is 3. The lowest BCUT2D eigenvalue weighted by atomic mass is 10.1. The zero-order chi connectivity index (χ0) is 16.4. The average molecular weight is 432 g/mol. The van der Waals surface area contributed by atoms with E-state index in [1.165, 1.54) is 11.1 Å². The van der Waals surface area contributed by atoms with Gasteiger partial charge in [-0.25, -0.2) is 4.99 Å². The predicted molar refractivity (Wildman–Crippen MR) is 107 cm³/mol. The van der Waals surface area contributed by atoms with E-state index in [4.69, 9.17) is 0 Å². The maximum atomic E-state index is 11.5. The van der Waals surface area contributed by atoms with Crippen molar-refractivity contribution in [2.45, 2.75) is 34.2 Å². The fraction of sp³-hybridized carbons (Fsp3) is 0.529. The minimum absolute atomic E-state index is 0. The van der Waals surface area contributed by atoms with Crippen LogP contribution in [0.2, 0.25) is 0 Å². The van der Waals surface area contributed by atoms with Crippen LogP contribution in [0.4, 0.5) is 0 Å². The molecule has 0 saturated carbocycles. The van der Waals surface area contributed by atoms with Gasteiger partial charge < -0.3 is 16.0 Å². The molecule has 1 rings (SSSR count). The Hall–Kier alpha value is -1.31. The summed E-state index contributed by atoms with van der Waals surface area (Å²) in [6.07, 6.45) is 0. The molecule has 0 unspecified atom stereocenters. The summed E-state index contributed by atoms with van der Waals surface area (Å²) in [4.78, 5) is 16.1. The fourth-order valence-electron chi connectivity index (χ4n) is 1.86. The Kier molecular flexibility index (Phi) is 11.5. The van der Waals surface area contributed by atoms with Crippen molar-refractivity contribution in [3.8, 4) is 0 Å². The minimum atomic E-state index is 0. The van der Waals surface area contributed by atoms with Gasteiger partial charge in [0.2, 0.25) is 5.91 Å². The van der Waals surface area contributed by atoms with E-state index in [0.29, 0.717) is 19.6 Å². The van der Waals surface area contributed by atoms with Crippen LogP contribution in [-0.2, 0) is 11.3 Å². The molecule has 0 bridgehead atoms. The number of amides is 1. The highest BCUT2D eigenvalue weighted by atomic mass is 127. The number of carbonyl (C=O) groups is 1. The molecule has 0 fully saturated rings. The van der Waals surface area contributed by atoms with Crippen LogP contribution < -0.4 is 16.0 Å². The number of hydrogen-bond acceptors (Lipinski definition) is 2. The molecule has 0 radical (unpaired) electrons. The second kappa shape index (κ2) is 12.2. The molecule has 0 aliphatic heterocycles. The largest absolute Gasteiger partial charge is 0.357 e. The lowest BCUT2D eigenvalue weighted by Gasteiger charge is -2.13. The van der Waals surface area contributed by atoms with Crippen molar-refractivity contribution in [3.63, 3.8) is 0 Å². The van der Waals surface area contributed by atoms with Crippen LogP contribution in [-0.4, -0.2) is 31.5 Å². The number of benzene rings is 1. The molecule has 23 heavy (non-hydrogen) atoms. The number of nitrogens with zero attached hydrogens (tertiary/aromatic N) is 1. The van der Waals surface area contributed by atoms with Crippen LogP contribution in [0.1, 0.15) is 31.9 Å². The predicted octanol–water partition coefficient (Wildman–Crippen LogP) is 2.44. The molecule has 0 aliphatic carbocycles. The zero-order valence-electron chi connectivity index (χ0n) is 14.5. The van der Waals surface area contributed by atoms with E-state index in [9.17, 15) is 4.79 Å². The van der Waals surface area contributed by atoms with Gasteiger partial charge in [-0.15, -0.1) is 24.0 Å². The van der Waals surface area contributed by atoms with E-state index in [0.717, 1.165) is 12.5 Å². The molecule has 1 amide bonds. The van der Waals surface area contributed by atoms with Crippen molar-refractivity contribution in [1.82, 2.24) is 16.0 Å². The quantitative estimate of drug-likeness (QED) is 0.269. The first-order valence-electron chi connectivity index (χ1n) is 7.89. The molecule has 0 heterocycles. The second-order valence-corrected chi connectivity index (χ2v) is 5.49. The third-order valence-corrected chi connectivity index (χ3v) is 3.25. The monoisotopic (exact) mass is 432 g/mol. The van der Waals surface area contributed by atoms with Crippen LogP contribution in [0.5, 0.6) is 0 Å². The van der Waals surface area contributed by atoms with E-state index in [2.05, 4.69) is 40.0 Å². The average Bonchev–Trinajstić information content (AvgIpc) is 2.50. The van der Waals surface area contributed by atoms with Gasteiger partial charge in [0.15, 0.2) is 5.96 Å². The summed E-state index contributed by atoms with van der Waals surface area (Å²) in [7, 11) is 0. The SMILES string of the molecule is CCNC(=NCc1ccccc1C)NCCNC(=O)C(C)C.I. The van der Waals surface area contributed by atoms with Crippen LogP contribution in [0.3, 0.4) is 0 Å². The normalized spacial score (nSPS) is 10.9. The molecule has 130 valence electrons. The first kappa shape index (κ1) is 21.7. The summed E-state index contributed by atoms with van der Waals surface area (Å²) in [5, 5.41) is 9.32. The molecule has 6 heteroatoms. The van der Waals surface area contributed by atoms with Crippen molar-refractivity contribution < 1.29 is 4.79 Å². The second-order valence-electron chi connectivity index (χ2n) is 5.49. The lowest BCUT2D eigenvalue weighted by molar-refractivity contribution is -0.123. The Balaban J connectivity index is 0.00000484. The number of halogens is 1. The maximum Gasteiger partial charge on any atom is 0.222 e. The van der Waals surface area contributed by atoms with Gasteiger partial charge >= 0.3 is 0 Å². The Bertz CT molecular complexity index is 503. The fourth-order valence-corrected chi connectivity index (χ4v) is 1.86. The van der Waals surface area contributed by atoms with Crippen molar-refractivity contribution >= 4 is 35.8 Å². The summed E-state index contributed by atoms with van der Waals surface area (Å²) in [6, 6.07) is 8.24. The first-order valence-corrected chi connectivity index (χ1v) is 7.89. The molecule has 1 aromatic rings. The number of aryl methyl sites for hydroxylation is 1. The van der Waals surface area contributed by atoms with Gasteiger partial charge in [-0.1, -0.05) is 38.1 Å². The van der Waals surface area contributed by atoms with Crippen molar-refractivity contribution in [2.24, 2.45) is 10.9 Å². The summed E-state index contributed by atoms with van der Waals surface area (Å²) in [5.74, 6) is 0.858. The molecule has 0 aliphatic rings. The standard InChI is InChI=1S/C17H28N4O.HI/c1-5-18-17(20-11-10-19-16(22)13(2)3)21-12-15-9-7-6-8-14(15)4;/h6-9,13H,5,10-12H2,1-4H3,(H,19,22)(H2,18,20,21);1H. The van der Waals surface area contributed by atoms with Crippen molar-refractivity contribution in [1.29, 1.82) is 0 Å². The van der Waals surface area contributed by atoms with Gasteiger partial charge in [-0.2, -0.15) is 0 Å². The summed E-state index contributed by atoms with van der Waals surface area (Å²) in [5.41, 5.74) is 2.46. The number of rotatable bonds is 7. The van der Waals surface area contributed by atoms with E-state index in [-0.39, 0.29) is 35.8 Å². The first-order chi connectivity index (χ1) is 10.5. The van der Waals surface area contributed by atoms with Gasteiger partial charge in [0, 0.05) is 25.6 Å². The number of aliphatic imine (C=N–C) groups is 1. The van der Waals surface area contributed by atoms with E-state index in [1.807, 2.05) is 32.9 Å². The number of nitrogens with one attached hydrogen (secondary N) is 3. The highest BCUT2D eigenvalue weighted by Gasteiger charge is 2.05. The molecular weight excluding hydrogens is 403 g/mol. The van der Waals surface area contributed by atoms with Gasteiger partial charge in [0.05, 0.1) is 6.54 Å². The summed E-state index contributed by atoms with van der Waals surface area (Å²) in [6.45, 7) is 10.6. The topological polar surface area (TPSA) is 65.5 Å². The highest BCUT2D eigenvalue weighted by molar-refractivity contribution is 14.0. The third kappa shape index (κ3) is 8.78. The molecule has 5 nitrogen and oxygen atoms in total. The smallest absolute Gasteiger partial charge is 0.222 e. The third-order valence-electron chi connectivity index (χ3n) is 3.25. The summed E-state index contributed by atoms with van der Waals surface area (Å²) >= 11 is 0. The summed E-state index contributed by atoms with van der Waals surface area (Å²) < 4.78 is 0. The van der Waals surface area contributed by atoms with Crippen LogP contribution in [0.15, 0.2) is 29.3 Å². The van der Waals surface area contributed by atoms with Crippen molar-refractivity contribution in [3.05, 3.63) is 35.4 Å². The van der Waals surface area contributed by atoms with Gasteiger partial charge in [0.25, 0.3) is 0 Å². The number of guanidine groups is 1. The number of carbonyl (C=O) groups excluding carboxylic acids is 1. The van der Waals surface area contributed by atoms with Crippen LogP contribution in [0, 0.1) is 12.8 Å². The Morgan fingerprint density at radius 2 is 1.78 bits per heavy atom. The molecule has 1 aromatic carbocycles. The van der Waals surface area contributed by atoms with E-state index >= 15 is 0 Å². The Labute approximate surface area is 156 Å². The Morgan fingerprint density at radius 3 is 2.39 bits per heavy atom. The van der Waals surface area contributed by atoms with Gasteiger partial charge in [-0.05, 0) is 25.0 Å². The van der Waals surface area contributed by atoms with E-state index < -0.39 is 0 Å².